The summed E-state index contributed by atoms with van der Waals surface area (Å²) in [6.07, 6.45) is 7.97. The predicted molar refractivity (Wildman–Crippen MR) is 182 cm³/mol. The van der Waals surface area contributed by atoms with E-state index in [1.54, 1.807) is 25.7 Å². The number of fused-ring (bicyclic) bond motifs is 3. The van der Waals surface area contributed by atoms with Crippen molar-refractivity contribution >= 4 is 33.6 Å². The van der Waals surface area contributed by atoms with Gasteiger partial charge in [-0.1, -0.05) is 12.0 Å². The number of rotatable bonds is 5. The number of hydrogen-bond acceptors (Lipinski definition) is 9. The number of aromatic nitrogens is 3. The molecule has 0 saturated carbocycles. The van der Waals surface area contributed by atoms with Gasteiger partial charge in [0.1, 0.15) is 41.1 Å². The zero-order valence-corrected chi connectivity index (χ0v) is 28.1. The zero-order chi connectivity index (χ0) is 37.2. The Bertz CT molecular complexity index is 2130. The Morgan fingerprint density at radius 2 is 1.96 bits per heavy atom. The van der Waals surface area contributed by atoms with E-state index >= 15 is 4.39 Å². The molecule has 0 spiro atoms. The van der Waals surface area contributed by atoms with Crippen LogP contribution in [-0.2, 0) is 4.74 Å². The van der Waals surface area contributed by atoms with Crippen molar-refractivity contribution in [1.29, 1.82) is 0 Å². The summed E-state index contributed by atoms with van der Waals surface area (Å²) >= 11 is 0. The number of phenols is 1. The van der Waals surface area contributed by atoms with Crippen LogP contribution in [-0.4, -0.2) is 86.1 Å². The van der Waals surface area contributed by atoms with E-state index in [4.69, 9.17) is 18.6 Å². The van der Waals surface area contributed by atoms with E-state index in [9.17, 15) is 18.7 Å². The zero-order valence-electron chi connectivity index (χ0n) is 30.1. The lowest BCUT2D eigenvalue weighted by Gasteiger charge is -2.36. The van der Waals surface area contributed by atoms with Crippen LogP contribution in [0.4, 0.5) is 23.8 Å². The van der Waals surface area contributed by atoms with E-state index in [0.717, 1.165) is 12.5 Å². The summed E-state index contributed by atoms with van der Waals surface area (Å²) < 4.78 is 76.8. The van der Waals surface area contributed by atoms with Gasteiger partial charge in [0.15, 0.2) is 11.6 Å². The van der Waals surface area contributed by atoms with Crippen LogP contribution in [0, 0.1) is 24.0 Å². The van der Waals surface area contributed by atoms with Crippen LogP contribution in [0.5, 0.6) is 11.8 Å². The summed E-state index contributed by atoms with van der Waals surface area (Å²) in [5.74, 6) is 0.329. The lowest BCUT2D eigenvalue weighted by molar-refractivity contribution is 0.0232. The maximum atomic E-state index is 17.1. The van der Waals surface area contributed by atoms with Crippen molar-refractivity contribution < 1.29 is 35.3 Å². The number of ether oxygens (including phenoxy) is 2. The molecule has 0 unspecified atom stereocenters. The molecule has 3 aliphatic heterocycles. The topological polar surface area (TPSA) is 104 Å². The highest BCUT2D eigenvalue weighted by Crippen LogP contribution is 2.42. The highest BCUT2D eigenvalue weighted by Gasteiger charge is 2.49. The number of hydrogen-bond donors (Lipinski definition) is 1. The lowest BCUT2D eigenvalue weighted by Crippen LogP contribution is -2.49. The van der Waals surface area contributed by atoms with Crippen molar-refractivity contribution in [3.8, 4) is 35.4 Å². The van der Waals surface area contributed by atoms with E-state index in [-0.39, 0.29) is 70.7 Å². The fourth-order valence-electron chi connectivity index (χ4n) is 7.27. The number of amides is 1. The Labute approximate surface area is 291 Å². The van der Waals surface area contributed by atoms with E-state index in [0.29, 0.717) is 37.6 Å². The van der Waals surface area contributed by atoms with Crippen molar-refractivity contribution in [2.75, 3.05) is 37.7 Å². The molecule has 7 rings (SSSR count). The number of hydrazine groups is 1. The molecule has 3 fully saturated rings. The van der Waals surface area contributed by atoms with Gasteiger partial charge in [0.25, 0.3) is 0 Å². The normalized spacial score (nSPS) is 22.2. The second-order valence-electron chi connectivity index (χ2n) is 14.0. The van der Waals surface area contributed by atoms with Gasteiger partial charge in [-0.2, -0.15) is 9.97 Å². The molecule has 13 heteroatoms. The maximum Gasteiger partial charge on any atom is 0.429 e. The van der Waals surface area contributed by atoms with Crippen LogP contribution < -0.4 is 9.75 Å². The monoisotopic (exact) mass is 690 g/mol. The number of halogens is 3. The average molecular weight is 691 g/mol. The number of phenolic OH excluding ortho intramolecular Hbond substituents is 1. The van der Waals surface area contributed by atoms with Crippen LogP contribution >= 0.6 is 0 Å². The van der Waals surface area contributed by atoms with Gasteiger partial charge in [-0.05, 0) is 83.0 Å². The van der Waals surface area contributed by atoms with Crippen LogP contribution in [0.3, 0.4) is 0 Å². The molecule has 10 nitrogen and oxygen atoms in total. The first-order valence-electron chi connectivity index (χ1n) is 17.8. The first-order valence-corrected chi connectivity index (χ1v) is 16.8. The summed E-state index contributed by atoms with van der Waals surface area (Å²) in [5.41, 5.74) is -2.97. The summed E-state index contributed by atoms with van der Waals surface area (Å²) in [5, 5.41) is 14.1. The summed E-state index contributed by atoms with van der Waals surface area (Å²) in [6.45, 7) is 3.76. The molecular weight excluding hydrogens is 649 g/mol. The van der Waals surface area contributed by atoms with Crippen molar-refractivity contribution in [2.24, 2.45) is 0 Å². The molecule has 2 aromatic heterocycles. The molecule has 0 aliphatic carbocycles. The maximum absolute atomic E-state index is 17.1. The molecule has 1 amide bonds. The van der Waals surface area contributed by atoms with Crippen molar-refractivity contribution in [2.45, 2.75) is 76.6 Å². The van der Waals surface area contributed by atoms with Crippen LogP contribution in [0.15, 0.2) is 30.5 Å². The molecule has 50 heavy (non-hydrogen) atoms. The summed E-state index contributed by atoms with van der Waals surface area (Å²) in [6, 6.07) is 4.60. The van der Waals surface area contributed by atoms with Gasteiger partial charge in [0.2, 0.25) is 0 Å². The fraction of sp³-hybridized carbons (Fsp3) is 0.459. The second kappa shape index (κ2) is 12.8. The minimum absolute atomic E-state index is 0.00759. The first kappa shape index (κ1) is 31.2. The molecule has 2 atom stereocenters. The molecule has 3 aliphatic rings. The smallest absolute Gasteiger partial charge is 0.429 e. The molecule has 1 N–H and O–H groups in total. The van der Waals surface area contributed by atoms with Crippen molar-refractivity contribution in [3.05, 3.63) is 47.7 Å². The highest BCUT2D eigenvalue weighted by molar-refractivity contribution is 6.03. The Kier molecular flexibility index (Phi) is 7.98. The Morgan fingerprint density at radius 1 is 1.16 bits per heavy atom. The van der Waals surface area contributed by atoms with E-state index in [2.05, 4.69) is 20.9 Å². The average Bonchev–Trinajstić information content (AvgIpc) is 3.51. The van der Waals surface area contributed by atoms with E-state index < -0.39 is 47.6 Å². The summed E-state index contributed by atoms with van der Waals surface area (Å²) in [4.78, 5) is 28.7. The van der Waals surface area contributed by atoms with Gasteiger partial charge in [-0.25, -0.2) is 23.0 Å². The van der Waals surface area contributed by atoms with Crippen LogP contribution in [0.25, 0.3) is 32.9 Å². The molecule has 0 bridgehead atoms. The summed E-state index contributed by atoms with van der Waals surface area (Å²) in [7, 11) is 0. The van der Waals surface area contributed by atoms with Gasteiger partial charge in [-0.15, -0.1) is 6.42 Å². The van der Waals surface area contributed by atoms with Crippen molar-refractivity contribution in [1.82, 2.24) is 24.9 Å². The number of carbonyl (C=O) groups is 1. The van der Waals surface area contributed by atoms with Gasteiger partial charge in [0.05, 0.1) is 19.2 Å². The number of pyridine rings is 1. The lowest BCUT2D eigenvalue weighted by atomic mass is 9.95. The van der Waals surface area contributed by atoms with Gasteiger partial charge in [-0.3, -0.25) is 14.9 Å². The fourth-order valence-corrected chi connectivity index (χ4v) is 7.27. The molecule has 0 radical (unpaired) electrons. The Balaban J connectivity index is 1.44. The quantitative estimate of drug-likeness (QED) is 0.224. The largest absolute Gasteiger partial charge is 0.508 e. The van der Waals surface area contributed by atoms with E-state index in [1.165, 1.54) is 34.4 Å². The molecule has 5 heterocycles. The minimum Gasteiger partial charge on any atom is -0.508 e. The number of terminal acetylenes is 1. The van der Waals surface area contributed by atoms with Crippen molar-refractivity contribution in [3.63, 3.8) is 0 Å². The number of carbonyl (C=O) groups excluding carboxylic acids is 1. The van der Waals surface area contributed by atoms with Crippen LogP contribution in [0.2, 0.25) is 0 Å². The number of aromatic hydroxyl groups is 1. The van der Waals surface area contributed by atoms with Gasteiger partial charge in [0, 0.05) is 43.2 Å². The molecular formula is C37H39F3N6O4. The number of anilines is 1. The predicted octanol–water partition coefficient (Wildman–Crippen LogP) is 6.91. The van der Waals surface area contributed by atoms with Crippen LogP contribution in [0.1, 0.15) is 67.6 Å². The SMILES string of the molecule is [2H]C([2H])(Oc1nc(N2CCCCCN2C(=O)OC(C)(C)C)c2cnc(-c3cc(O)cc4ccc(F)c(C#C)c34)c(F)c2n1)[C@@]12CCCN1C[C@H](F)C2. The highest BCUT2D eigenvalue weighted by atomic mass is 19.1. The second-order valence-corrected chi connectivity index (χ2v) is 14.0. The van der Waals surface area contributed by atoms with E-state index in [1.807, 2.05) is 0 Å². The number of benzene rings is 2. The minimum atomic E-state index is -2.51. The molecule has 2 aromatic carbocycles. The van der Waals surface area contributed by atoms with Gasteiger partial charge >= 0.3 is 12.1 Å². The van der Waals surface area contributed by atoms with Gasteiger partial charge < -0.3 is 14.6 Å². The Morgan fingerprint density at radius 3 is 2.74 bits per heavy atom. The first-order chi connectivity index (χ1) is 24.6. The third-order valence-corrected chi connectivity index (χ3v) is 9.41. The molecule has 262 valence electrons. The number of alkyl halides is 1. The third-order valence-electron chi connectivity index (χ3n) is 9.41. The standard InChI is InChI=1S/C37H39F3N6O4/c1-5-25-28(39)11-10-22-16-24(47)17-26(29(22)25)31-30(40)32-27(19-41-31)33(45-14-7-6-8-15-46(45)35(48)50-36(2,3)4)43-34(42-32)49-21-37-12-9-13-44(37)20-23(38)18-37/h1,10-11,16-17,19,23,47H,6-9,12-15,18,20-21H2,2-4H3/t23-,37+/m1/s1/i21D2. The number of nitrogens with zero attached hydrogens (tertiary/aromatic N) is 6. The molecule has 4 aromatic rings. The molecule has 3 saturated heterocycles. The third kappa shape index (κ3) is 6.10. The Hall–Kier alpha value is -4.83.